The lowest BCUT2D eigenvalue weighted by molar-refractivity contribution is 0.0687. The lowest BCUT2D eigenvalue weighted by Crippen LogP contribution is -2.37. The molecular formula is C18H16N6O2. The molecule has 1 aliphatic carbocycles. The molecule has 1 aromatic carbocycles. The first kappa shape index (κ1) is 15.9. The number of hydrogen-bond donors (Lipinski definition) is 2. The Morgan fingerprint density at radius 3 is 2.69 bits per heavy atom. The van der Waals surface area contributed by atoms with Crippen LogP contribution in [0, 0.1) is 6.92 Å². The summed E-state index contributed by atoms with van der Waals surface area (Å²) in [7, 11) is 0. The number of carbonyl (C=O) groups is 1. The van der Waals surface area contributed by atoms with Crippen molar-refractivity contribution >= 4 is 11.5 Å². The predicted octanol–water partition coefficient (Wildman–Crippen LogP) is 2.19. The number of H-pyrrole nitrogens is 1. The average molecular weight is 348 g/mol. The van der Waals surface area contributed by atoms with Gasteiger partial charge >= 0.3 is 5.97 Å². The van der Waals surface area contributed by atoms with E-state index in [0.29, 0.717) is 12.1 Å². The highest BCUT2D eigenvalue weighted by Gasteiger charge is 2.41. The van der Waals surface area contributed by atoms with Gasteiger partial charge in [0.25, 0.3) is 0 Å². The molecule has 0 amide bonds. The molecule has 8 nitrogen and oxygen atoms in total. The molecule has 1 atom stereocenters. The molecule has 1 aliphatic rings. The predicted molar refractivity (Wildman–Crippen MR) is 93.4 cm³/mol. The standard InChI is InChI=1S/C18H16N6O2/c1-12-11-19-23-24(12)18(16-15(17(25)26)20-22-21-16)9-7-14(8-10-18)13-5-3-2-4-6-13/h2-9,11H,10H2,1H3,(H,25,26)(H,20,21,22). The van der Waals surface area contributed by atoms with Crippen LogP contribution in [0.2, 0.25) is 0 Å². The maximum Gasteiger partial charge on any atom is 0.358 e. The normalized spacial score (nSPS) is 19.3. The maximum absolute atomic E-state index is 11.6. The molecule has 26 heavy (non-hydrogen) atoms. The lowest BCUT2D eigenvalue weighted by Gasteiger charge is -2.32. The van der Waals surface area contributed by atoms with Crippen LogP contribution in [0.15, 0.2) is 54.8 Å². The number of aromatic carboxylic acids is 1. The topological polar surface area (TPSA) is 110 Å². The molecule has 0 saturated carbocycles. The van der Waals surface area contributed by atoms with E-state index in [2.05, 4.69) is 31.8 Å². The second-order valence-electron chi connectivity index (χ2n) is 6.10. The van der Waals surface area contributed by atoms with Gasteiger partial charge in [-0.1, -0.05) is 47.7 Å². The van der Waals surface area contributed by atoms with E-state index in [4.69, 9.17) is 0 Å². The van der Waals surface area contributed by atoms with Gasteiger partial charge in [0.15, 0.2) is 5.69 Å². The second kappa shape index (κ2) is 6.07. The molecule has 3 aromatic rings. The van der Waals surface area contributed by atoms with Crippen molar-refractivity contribution in [2.75, 3.05) is 0 Å². The molecule has 2 N–H and O–H groups in total. The molecule has 4 rings (SSSR count). The molecular weight excluding hydrogens is 332 g/mol. The Labute approximate surface area is 148 Å². The summed E-state index contributed by atoms with van der Waals surface area (Å²) >= 11 is 0. The summed E-state index contributed by atoms with van der Waals surface area (Å²) in [5.41, 5.74) is 2.22. The van der Waals surface area contributed by atoms with Gasteiger partial charge in [0.2, 0.25) is 0 Å². The fourth-order valence-corrected chi connectivity index (χ4v) is 3.27. The molecule has 130 valence electrons. The number of carboxylic acids is 1. The number of hydrogen-bond acceptors (Lipinski definition) is 5. The zero-order valence-corrected chi connectivity index (χ0v) is 14.0. The van der Waals surface area contributed by atoms with E-state index in [-0.39, 0.29) is 5.69 Å². The number of aromatic amines is 1. The van der Waals surface area contributed by atoms with Crippen LogP contribution in [0.25, 0.3) is 5.57 Å². The molecule has 1 unspecified atom stereocenters. The molecule has 8 heteroatoms. The summed E-state index contributed by atoms with van der Waals surface area (Å²) < 4.78 is 1.69. The van der Waals surface area contributed by atoms with E-state index in [1.807, 2.05) is 49.4 Å². The van der Waals surface area contributed by atoms with E-state index in [9.17, 15) is 9.90 Å². The number of nitrogens with zero attached hydrogens (tertiary/aromatic N) is 5. The van der Waals surface area contributed by atoms with Gasteiger partial charge in [-0.05, 0) is 24.1 Å². The van der Waals surface area contributed by atoms with Crippen LogP contribution in [-0.2, 0) is 5.54 Å². The van der Waals surface area contributed by atoms with Gasteiger partial charge in [0, 0.05) is 6.42 Å². The molecule has 0 aliphatic heterocycles. The lowest BCUT2D eigenvalue weighted by atomic mass is 9.83. The molecule has 0 bridgehead atoms. The van der Waals surface area contributed by atoms with E-state index in [0.717, 1.165) is 16.8 Å². The highest BCUT2D eigenvalue weighted by atomic mass is 16.4. The number of aryl methyl sites for hydroxylation is 1. The number of rotatable bonds is 4. The minimum absolute atomic E-state index is 0.124. The van der Waals surface area contributed by atoms with Crippen LogP contribution in [0.4, 0.5) is 0 Å². The van der Waals surface area contributed by atoms with E-state index < -0.39 is 11.5 Å². The van der Waals surface area contributed by atoms with Crippen LogP contribution >= 0.6 is 0 Å². The van der Waals surface area contributed by atoms with Gasteiger partial charge in [-0.2, -0.15) is 10.3 Å². The van der Waals surface area contributed by atoms with Crippen molar-refractivity contribution in [3.63, 3.8) is 0 Å². The molecule has 0 radical (unpaired) electrons. The summed E-state index contributed by atoms with van der Waals surface area (Å²) in [6.07, 6.45) is 8.04. The Morgan fingerprint density at radius 1 is 1.27 bits per heavy atom. The Balaban J connectivity index is 1.84. The first-order valence-corrected chi connectivity index (χ1v) is 8.09. The Bertz CT molecular complexity index is 1020. The smallest absolute Gasteiger partial charge is 0.358 e. The van der Waals surface area contributed by atoms with Crippen molar-refractivity contribution in [3.8, 4) is 0 Å². The SMILES string of the molecule is Cc1cnnn1C1(c2n[nH]nc2C(=O)O)C=CC(c2ccccc2)=CC1. The largest absolute Gasteiger partial charge is 0.476 e. The minimum Gasteiger partial charge on any atom is -0.476 e. The van der Waals surface area contributed by atoms with Crippen molar-refractivity contribution in [2.45, 2.75) is 18.9 Å². The Hall–Kier alpha value is -3.55. The molecule has 2 heterocycles. The zero-order valence-electron chi connectivity index (χ0n) is 14.0. The van der Waals surface area contributed by atoms with Crippen LogP contribution in [0.3, 0.4) is 0 Å². The average Bonchev–Trinajstić information content (AvgIpc) is 3.32. The Morgan fingerprint density at radius 2 is 2.08 bits per heavy atom. The number of aromatic nitrogens is 6. The second-order valence-corrected chi connectivity index (χ2v) is 6.10. The van der Waals surface area contributed by atoms with E-state index in [1.165, 1.54) is 0 Å². The zero-order chi connectivity index (χ0) is 18.1. The van der Waals surface area contributed by atoms with Crippen molar-refractivity contribution in [1.29, 1.82) is 0 Å². The molecule has 2 aromatic heterocycles. The highest BCUT2D eigenvalue weighted by Crippen LogP contribution is 2.38. The highest BCUT2D eigenvalue weighted by molar-refractivity contribution is 5.87. The first-order chi connectivity index (χ1) is 12.6. The molecule has 0 fully saturated rings. The quantitative estimate of drug-likeness (QED) is 0.748. The third-order valence-corrected chi connectivity index (χ3v) is 4.54. The number of nitrogens with one attached hydrogen (secondary N) is 1. The summed E-state index contributed by atoms with van der Waals surface area (Å²) in [5.74, 6) is -1.14. The van der Waals surface area contributed by atoms with Crippen molar-refractivity contribution in [2.24, 2.45) is 0 Å². The summed E-state index contributed by atoms with van der Waals surface area (Å²) in [4.78, 5) is 11.6. The number of allylic oxidation sites excluding steroid dienone is 4. The molecule has 0 saturated heterocycles. The first-order valence-electron chi connectivity index (χ1n) is 8.09. The summed E-state index contributed by atoms with van der Waals surface area (Å²) in [6, 6.07) is 9.99. The monoisotopic (exact) mass is 348 g/mol. The van der Waals surface area contributed by atoms with Gasteiger partial charge in [-0.25, -0.2) is 9.48 Å². The van der Waals surface area contributed by atoms with Crippen molar-refractivity contribution < 1.29 is 9.90 Å². The van der Waals surface area contributed by atoms with E-state index >= 15 is 0 Å². The fraction of sp³-hybridized carbons (Fsp3) is 0.167. The van der Waals surface area contributed by atoms with Crippen LogP contribution in [0.1, 0.15) is 33.9 Å². The third kappa shape index (κ3) is 2.43. The van der Waals surface area contributed by atoms with Gasteiger partial charge in [0.1, 0.15) is 11.2 Å². The Kier molecular flexibility index (Phi) is 3.72. The molecule has 0 spiro atoms. The van der Waals surface area contributed by atoms with Gasteiger partial charge in [-0.15, -0.1) is 10.2 Å². The van der Waals surface area contributed by atoms with Crippen LogP contribution in [0.5, 0.6) is 0 Å². The third-order valence-electron chi connectivity index (χ3n) is 4.54. The van der Waals surface area contributed by atoms with Crippen LogP contribution < -0.4 is 0 Å². The summed E-state index contributed by atoms with van der Waals surface area (Å²) in [6.45, 7) is 1.87. The van der Waals surface area contributed by atoms with Crippen molar-refractivity contribution in [1.82, 2.24) is 30.4 Å². The van der Waals surface area contributed by atoms with E-state index in [1.54, 1.807) is 10.9 Å². The van der Waals surface area contributed by atoms with Gasteiger partial charge in [0.05, 0.1) is 11.9 Å². The minimum atomic E-state index is -1.14. The number of benzene rings is 1. The number of carboxylic acid groups (broad SMARTS) is 1. The maximum atomic E-state index is 11.6. The van der Waals surface area contributed by atoms with Gasteiger partial charge < -0.3 is 5.11 Å². The van der Waals surface area contributed by atoms with Crippen molar-refractivity contribution in [3.05, 3.63) is 77.4 Å². The fourth-order valence-electron chi connectivity index (χ4n) is 3.27. The van der Waals surface area contributed by atoms with Crippen LogP contribution in [-0.4, -0.2) is 41.5 Å². The summed E-state index contributed by atoms with van der Waals surface area (Å²) in [5, 5.41) is 28.0. The van der Waals surface area contributed by atoms with Gasteiger partial charge in [-0.3, -0.25) is 0 Å².